The van der Waals surface area contributed by atoms with Gasteiger partial charge in [-0.1, -0.05) is 26.0 Å². The first kappa shape index (κ1) is 16.1. The molecule has 110 valence electrons. The Kier molecular flexibility index (Phi) is 5.64. The third-order valence-electron chi connectivity index (χ3n) is 3.30. The SMILES string of the molecule is CC(C(=O)N[C@H](CO)C(C)C)c1cccc([N+](=O)[O-])c1. The molecule has 0 radical (unpaired) electrons. The minimum Gasteiger partial charge on any atom is -0.394 e. The molecule has 2 atom stereocenters. The van der Waals surface area contributed by atoms with Crippen molar-refractivity contribution in [3.63, 3.8) is 0 Å². The first-order valence-electron chi connectivity index (χ1n) is 6.52. The first-order chi connectivity index (χ1) is 9.36. The molecule has 0 bridgehead atoms. The second-order valence-corrected chi connectivity index (χ2v) is 5.12. The van der Waals surface area contributed by atoms with Gasteiger partial charge in [0.15, 0.2) is 0 Å². The van der Waals surface area contributed by atoms with Crippen molar-refractivity contribution < 1.29 is 14.8 Å². The fraction of sp³-hybridized carbons (Fsp3) is 0.500. The minimum absolute atomic E-state index is 0.0373. The summed E-state index contributed by atoms with van der Waals surface area (Å²) in [6.45, 7) is 5.35. The largest absolute Gasteiger partial charge is 0.394 e. The van der Waals surface area contributed by atoms with Gasteiger partial charge in [-0.25, -0.2) is 0 Å². The van der Waals surface area contributed by atoms with E-state index in [1.165, 1.54) is 12.1 Å². The summed E-state index contributed by atoms with van der Waals surface area (Å²) in [4.78, 5) is 22.3. The number of hydrogen-bond acceptors (Lipinski definition) is 4. The monoisotopic (exact) mass is 280 g/mol. The van der Waals surface area contributed by atoms with Crippen molar-refractivity contribution in [3.8, 4) is 0 Å². The predicted octanol–water partition coefficient (Wildman–Crippen LogP) is 1.83. The summed E-state index contributed by atoms with van der Waals surface area (Å²) >= 11 is 0. The molecule has 0 aromatic heterocycles. The number of aliphatic hydroxyl groups is 1. The summed E-state index contributed by atoms with van der Waals surface area (Å²) in [6.07, 6.45) is 0. The van der Waals surface area contributed by atoms with Crippen molar-refractivity contribution in [2.75, 3.05) is 6.61 Å². The highest BCUT2D eigenvalue weighted by atomic mass is 16.6. The van der Waals surface area contributed by atoms with E-state index in [-0.39, 0.29) is 30.2 Å². The molecular weight excluding hydrogens is 260 g/mol. The van der Waals surface area contributed by atoms with E-state index in [9.17, 15) is 20.0 Å². The second-order valence-electron chi connectivity index (χ2n) is 5.12. The van der Waals surface area contributed by atoms with E-state index in [4.69, 9.17) is 0 Å². The van der Waals surface area contributed by atoms with Crippen LogP contribution in [0.2, 0.25) is 0 Å². The van der Waals surface area contributed by atoms with Gasteiger partial charge in [0.25, 0.3) is 5.69 Å². The lowest BCUT2D eigenvalue weighted by molar-refractivity contribution is -0.384. The Hall–Kier alpha value is -1.95. The fourth-order valence-corrected chi connectivity index (χ4v) is 1.79. The molecule has 6 heteroatoms. The van der Waals surface area contributed by atoms with Gasteiger partial charge in [-0.15, -0.1) is 0 Å². The summed E-state index contributed by atoms with van der Waals surface area (Å²) in [5.74, 6) is -0.651. The maximum Gasteiger partial charge on any atom is 0.269 e. The quantitative estimate of drug-likeness (QED) is 0.614. The van der Waals surface area contributed by atoms with Gasteiger partial charge in [0, 0.05) is 12.1 Å². The number of nitrogens with one attached hydrogen (secondary N) is 1. The summed E-state index contributed by atoms with van der Waals surface area (Å²) in [5, 5.41) is 22.7. The van der Waals surface area contributed by atoms with Crippen LogP contribution >= 0.6 is 0 Å². The molecule has 0 aliphatic carbocycles. The lowest BCUT2D eigenvalue weighted by Gasteiger charge is -2.22. The number of nitrogens with zero attached hydrogens (tertiary/aromatic N) is 1. The molecule has 1 rings (SSSR count). The highest BCUT2D eigenvalue weighted by Gasteiger charge is 2.21. The molecule has 0 saturated heterocycles. The number of non-ortho nitro benzene ring substituents is 1. The van der Waals surface area contributed by atoms with E-state index in [1.807, 2.05) is 13.8 Å². The molecule has 0 saturated carbocycles. The summed E-state index contributed by atoms with van der Waals surface area (Å²) in [6, 6.07) is 5.71. The number of benzene rings is 1. The number of nitro benzene ring substituents is 1. The fourth-order valence-electron chi connectivity index (χ4n) is 1.79. The van der Waals surface area contributed by atoms with Gasteiger partial charge in [-0.3, -0.25) is 14.9 Å². The van der Waals surface area contributed by atoms with Gasteiger partial charge in [0.1, 0.15) is 0 Å². The Morgan fingerprint density at radius 2 is 2.05 bits per heavy atom. The summed E-state index contributed by atoms with van der Waals surface area (Å²) in [7, 11) is 0. The number of nitro groups is 1. The third kappa shape index (κ3) is 4.03. The Bertz CT molecular complexity index is 488. The van der Waals surface area contributed by atoms with Crippen LogP contribution in [0.5, 0.6) is 0 Å². The molecular formula is C14H20N2O4. The van der Waals surface area contributed by atoms with Crippen LogP contribution in [0.4, 0.5) is 5.69 Å². The molecule has 2 N–H and O–H groups in total. The second kappa shape index (κ2) is 7.00. The van der Waals surface area contributed by atoms with Crippen LogP contribution in [0, 0.1) is 16.0 Å². The molecule has 0 aliphatic heterocycles. The lowest BCUT2D eigenvalue weighted by Crippen LogP contribution is -2.42. The van der Waals surface area contributed by atoms with Crippen LogP contribution in [0.15, 0.2) is 24.3 Å². The van der Waals surface area contributed by atoms with Gasteiger partial charge < -0.3 is 10.4 Å². The van der Waals surface area contributed by atoms with E-state index in [2.05, 4.69) is 5.32 Å². The molecule has 0 heterocycles. The Morgan fingerprint density at radius 1 is 1.40 bits per heavy atom. The smallest absolute Gasteiger partial charge is 0.269 e. The minimum atomic E-state index is -0.511. The maximum absolute atomic E-state index is 12.1. The number of rotatable bonds is 6. The van der Waals surface area contributed by atoms with Crippen molar-refractivity contribution in [1.82, 2.24) is 5.32 Å². The van der Waals surface area contributed by atoms with E-state index in [1.54, 1.807) is 19.1 Å². The highest BCUT2D eigenvalue weighted by Crippen LogP contribution is 2.21. The Morgan fingerprint density at radius 3 is 2.55 bits per heavy atom. The first-order valence-corrected chi connectivity index (χ1v) is 6.52. The average Bonchev–Trinajstić information content (AvgIpc) is 2.43. The van der Waals surface area contributed by atoms with Crippen molar-refractivity contribution >= 4 is 11.6 Å². The standard InChI is InChI=1S/C14H20N2O4/c1-9(2)13(8-17)15-14(18)10(3)11-5-4-6-12(7-11)16(19)20/h4-7,9-10,13,17H,8H2,1-3H3,(H,15,18)/t10?,13-/m1/s1. The number of aliphatic hydroxyl groups excluding tert-OH is 1. The molecule has 1 unspecified atom stereocenters. The molecule has 0 spiro atoms. The van der Waals surface area contributed by atoms with E-state index >= 15 is 0 Å². The van der Waals surface area contributed by atoms with Gasteiger partial charge in [-0.05, 0) is 18.4 Å². The molecule has 6 nitrogen and oxygen atoms in total. The van der Waals surface area contributed by atoms with E-state index in [0.29, 0.717) is 5.56 Å². The highest BCUT2D eigenvalue weighted by molar-refractivity contribution is 5.83. The molecule has 1 amide bonds. The molecule has 0 fully saturated rings. The normalized spacial score (nSPS) is 13.8. The van der Waals surface area contributed by atoms with Crippen LogP contribution in [0.3, 0.4) is 0 Å². The van der Waals surface area contributed by atoms with E-state index < -0.39 is 10.8 Å². The average molecular weight is 280 g/mol. The zero-order valence-electron chi connectivity index (χ0n) is 11.9. The Labute approximate surface area is 118 Å². The molecule has 1 aromatic rings. The lowest BCUT2D eigenvalue weighted by atomic mass is 9.98. The van der Waals surface area contributed by atoms with Gasteiger partial charge in [-0.2, -0.15) is 0 Å². The van der Waals surface area contributed by atoms with Crippen molar-refractivity contribution in [1.29, 1.82) is 0 Å². The van der Waals surface area contributed by atoms with Crippen LogP contribution in [0.25, 0.3) is 0 Å². The number of hydrogen-bond donors (Lipinski definition) is 2. The number of amides is 1. The third-order valence-corrected chi connectivity index (χ3v) is 3.30. The molecule has 0 aliphatic rings. The van der Waals surface area contributed by atoms with Crippen molar-refractivity contribution in [2.45, 2.75) is 32.7 Å². The summed E-state index contributed by atoms with van der Waals surface area (Å²) in [5.41, 5.74) is 0.543. The maximum atomic E-state index is 12.1. The van der Waals surface area contributed by atoms with Crippen LogP contribution in [-0.4, -0.2) is 28.6 Å². The predicted molar refractivity (Wildman–Crippen MR) is 75.4 cm³/mol. The zero-order chi connectivity index (χ0) is 15.3. The van der Waals surface area contributed by atoms with Crippen LogP contribution < -0.4 is 5.32 Å². The topological polar surface area (TPSA) is 92.5 Å². The van der Waals surface area contributed by atoms with Gasteiger partial charge in [0.05, 0.1) is 23.5 Å². The van der Waals surface area contributed by atoms with Crippen molar-refractivity contribution in [3.05, 3.63) is 39.9 Å². The Balaban J connectivity index is 2.83. The van der Waals surface area contributed by atoms with Gasteiger partial charge >= 0.3 is 0 Å². The van der Waals surface area contributed by atoms with Crippen LogP contribution in [-0.2, 0) is 4.79 Å². The zero-order valence-corrected chi connectivity index (χ0v) is 11.9. The molecule has 1 aromatic carbocycles. The van der Waals surface area contributed by atoms with Crippen LogP contribution in [0.1, 0.15) is 32.3 Å². The molecule has 20 heavy (non-hydrogen) atoms. The van der Waals surface area contributed by atoms with E-state index in [0.717, 1.165) is 0 Å². The summed E-state index contributed by atoms with van der Waals surface area (Å²) < 4.78 is 0. The number of carbonyl (C=O) groups is 1. The number of carbonyl (C=O) groups excluding carboxylic acids is 1. The van der Waals surface area contributed by atoms with Gasteiger partial charge in [0.2, 0.25) is 5.91 Å². The van der Waals surface area contributed by atoms with Crippen molar-refractivity contribution in [2.24, 2.45) is 5.92 Å².